The fraction of sp³-hybridized carbons (Fsp3) is 0.111. The number of rotatable bonds is 5. The second kappa shape index (κ2) is 6.45. The van der Waals surface area contributed by atoms with Crippen LogP contribution < -0.4 is 9.47 Å². The second-order valence-electron chi connectivity index (χ2n) is 5.09. The molecule has 0 aliphatic carbocycles. The monoisotopic (exact) mass is 324 g/mol. The minimum atomic E-state index is -0.961. The van der Waals surface area contributed by atoms with Crippen molar-refractivity contribution in [3.8, 4) is 28.4 Å². The van der Waals surface area contributed by atoms with Gasteiger partial charge in [-0.2, -0.15) is 0 Å². The van der Waals surface area contributed by atoms with E-state index in [9.17, 15) is 4.79 Å². The number of carboxylic acids is 1. The lowest BCUT2D eigenvalue weighted by Crippen LogP contribution is -1.98. The number of imidazole rings is 1. The molecule has 3 aromatic rings. The van der Waals surface area contributed by atoms with E-state index < -0.39 is 5.97 Å². The van der Waals surface area contributed by atoms with Gasteiger partial charge < -0.3 is 19.1 Å². The lowest BCUT2D eigenvalue weighted by Gasteiger charge is -2.08. The van der Waals surface area contributed by atoms with Gasteiger partial charge in [-0.05, 0) is 36.4 Å². The number of carboxylic acid groups (broad SMARTS) is 1. The maximum atomic E-state index is 11.1. The van der Waals surface area contributed by atoms with Crippen LogP contribution in [0.25, 0.3) is 16.9 Å². The summed E-state index contributed by atoms with van der Waals surface area (Å²) in [6.07, 6.45) is 3.48. The molecule has 6 nitrogen and oxygen atoms in total. The van der Waals surface area contributed by atoms with Crippen LogP contribution >= 0.6 is 0 Å². The Morgan fingerprint density at radius 1 is 1.08 bits per heavy atom. The summed E-state index contributed by atoms with van der Waals surface area (Å²) in [5.74, 6) is 0.310. The molecule has 0 bridgehead atoms. The number of nitrogens with zero attached hydrogens (tertiary/aromatic N) is 2. The Labute approximate surface area is 138 Å². The van der Waals surface area contributed by atoms with E-state index in [1.165, 1.54) is 0 Å². The summed E-state index contributed by atoms with van der Waals surface area (Å²) in [6.45, 7) is 0. The minimum absolute atomic E-state index is 0.230. The number of aromatic carboxylic acids is 1. The third kappa shape index (κ3) is 2.94. The van der Waals surface area contributed by atoms with Crippen LogP contribution in [0.15, 0.2) is 55.0 Å². The predicted octanol–water partition coefficient (Wildman–Crippen LogP) is 3.25. The molecule has 24 heavy (non-hydrogen) atoms. The number of methoxy groups -OCH3 is 2. The van der Waals surface area contributed by atoms with Crippen LogP contribution in [0.3, 0.4) is 0 Å². The molecule has 0 saturated carbocycles. The van der Waals surface area contributed by atoms with E-state index in [1.54, 1.807) is 43.3 Å². The zero-order valence-corrected chi connectivity index (χ0v) is 13.3. The fourth-order valence-corrected chi connectivity index (χ4v) is 2.41. The van der Waals surface area contributed by atoms with E-state index >= 15 is 0 Å². The Balaban J connectivity index is 1.96. The van der Waals surface area contributed by atoms with Gasteiger partial charge in [0.25, 0.3) is 0 Å². The van der Waals surface area contributed by atoms with Crippen LogP contribution in [0, 0.1) is 0 Å². The number of ether oxygens (including phenoxy) is 2. The van der Waals surface area contributed by atoms with Gasteiger partial charge in [0, 0.05) is 17.4 Å². The number of aromatic nitrogens is 2. The first-order valence-electron chi connectivity index (χ1n) is 7.22. The summed E-state index contributed by atoms with van der Waals surface area (Å²) >= 11 is 0. The number of benzene rings is 2. The summed E-state index contributed by atoms with van der Waals surface area (Å²) in [7, 11) is 3.17. The highest BCUT2D eigenvalue weighted by Gasteiger charge is 2.10. The van der Waals surface area contributed by atoms with Crippen molar-refractivity contribution in [1.82, 2.24) is 9.55 Å². The van der Waals surface area contributed by atoms with Crippen LogP contribution in [-0.4, -0.2) is 34.8 Å². The number of carbonyl (C=O) groups is 1. The van der Waals surface area contributed by atoms with E-state index in [0.29, 0.717) is 11.5 Å². The van der Waals surface area contributed by atoms with E-state index in [4.69, 9.17) is 14.6 Å². The van der Waals surface area contributed by atoms with Crippen molar-refractivity contribution in [2.45, 2.75) is 0 Å². The minimum Gasteiger partial charge on any atom is -0.493 e. The van der Waals surface area contributed by atoms with Crippen LogP contribution in [0.2, 0.25) is 0 Å². The van der Waals surface area contributed by atoms with Crippen molar-refractivity contribution in [2.24, 2.45) is 0 Å². The van der Waals surface area contributed by atoms with Gasteiger partial charge in [-0.25, -0.2) is 9.78 Å². The average Bonchev–Trinajstić information content (AvgIpc) is 3.11. The predicted molar refractivity (Wildman–Crippen MR) is 89.1 cm³/mol. The van der Waals surface area contributed by atoms with Crippen molar-refractivity contribution in [1.29, 1.82) is 0 Å². The van der Waals surface area contributed by atoms with E-state index in [2.05, 4.69) is 4.98 Å². The highest BCUT2D eigenvalue weighted by atomic mass is 16.5. The summed E-state index contributed by atoms with van der Waals surface area (Å²) < 4.78 is 12.3. The maximum Gasteiger partial charge on any atom is 0.335 e. The van der Waals surface area contributed by atoms with Crippen LogP contribution in [0.4, 0.5) is 0 Å². The molecular formula is C18H16N2O4. The number of hydrogen-bond donors (Lipinski definition) is 1. The third-order valence-corrected chi connectivity index (χ3v) is 3.65. The van der Waals surface area contributed by atoms with Crippen molar-refractivity contribution in [2.75, 3.05) is 14.2 Å². The van der Waals surface area contributed by atoms with Crippen molar-refractivity contribution in [3.05, 3.63) is 60.6 Å². The highest BCUT2D eigenvalue weighted by molar-refractivity contribution is 5.88. The molecule has 6 heteroatoms. The first-order chi connectivity index (χ1) is 11.6. The molecule has 0 aliphatic rings. The second-order valence-corrected chi connectivity index (χ2v) is 5.09. The molecule has 122 valence electrons. The highest BCUT2D eigenvalue weighted by Crippen LogP contribution is 2.31. The van der Waals surface area contributed by atoms with Gasteiger partial charge in [0.1, 0.15) is 0 Å². The van der Waals surface area contributed by atoms with Crippen molar-refractivity contribution in [3.63, 3.8) is 0 Å². The molecule has 3 rings (SSSR count). The Morgan fingerprint density at radius 3 is 2.58 bits per heavy atom. The first-order valence-corrected chi connectivity index (χ1v) is 7.22. The summed E-state index contributed by atoms with van der Waals surface area (Å²) in [5, 5.41) is 9.10. The Bertz CT molecular complexity index is 886. The normalized spacial score (nSPS) is 10.4. The molecule has 0 saturated heterocycles. The molecule has 0 atom stereocenters. The molecule has 0 amide bonds. The lowest BCUT2D eigenvalue weighted by molar-refractivity contribution is 0.0697. The van der Waals surface area contributed by atoms with E-state index in [1.807, 2.05) is 30.5 Å². The summed E-state index contributed by atoms with van der Waals surface area (Å²) in [6, 6.07) is 12.2. The van der Waals surface area contributed by atoms with Gasteiger partial charge in [0.15, 0.2) is 11.5 Å². The largest absolute Gasteiger partial charge is 0.493 e. The molecule has 0 unspecified atom stereocenters. The smallest absolute Gasteiger partial charge is 0.335 e. The molecule has 1 heterocycles. The average molecular weight is 324 g/mol. The molecule has 1 aromatic heterocycles. The zero-order chi connectivity index (χ0) is 17.1. The van der Waals surface area contributed by atoms with Gasteiger partial charge in [-0.1, -0.05) is 6.07 Å². The molecular weight excluding hydrogens is 308 g/mol. The molecule has 0 spiro atoms. The van der Waals surface area contributed by atoms with Gasteiger partial charge in [-0.3, -0.25) is 0 Å². The Morgan fingerprint density at radius 2 is 1.88 bits per heavy atom. The molecule has 0 fully saturated rings. The molecule has 0 aliphatic heterocycles. The van der Waals surface area contributed by atoms with Gasteiger partial charge in [0.05, 0.1) is 31.8 Å². The van der Waals surface area contributed by atoms with Gasteiger partial charge >= 0.3 is 5.97 Å². The fourth-order valence-electron chi connectivity index (χ4n) is 2.41. The zero-order valence-electron chi connectivity index (χ0n) is 13.3. The van der Waals surface area contributed by atoms with Crippen molar-refractivity contribution >= 4 is 5.97 Å². The topological polar surface area (TPSA) is 73.6 Å². The molecule has 2 aromatic carbocycles. The quantitative estimate of drug-likeness (QED) is 0.780. The lowest BCUT2D eigenvalue weighted by atomic mass is 10.1. The summed E-state index contributed by atoms with van der Waals surface area (Å²) in [4.78, 5) is 15.5. The van der Waals surface area contributed by atoms with Crippen LogP contribution in [0.5, 0.6) is 11.5 Å². The molecule has 0 radical (unpaired) electrons. The first kappa shape index (κ1) is 15.6. The Hall–Kier alpha value is -3.28. The van der Waals surface area contributed by atoms with E-state index in [-0.39, 0.29) is 5.56 Å². The van der Waals surface area contributed by atoms with Gasteiger partial charge in [-0.15, -0.1) is 0 Å². The van der Waals surface area contributed by atoms with Crippen LogP contribution in [-0.2, 0) is 0 Å². The van der Waals surface area contributed by atoms with Gasteiger partial charge in [0.2, 0.25) is 0 Å². The third-order valence-electron chi connectivity index (χ3n) is 3.65. The standard InChI is InChI=1S/C18H16N2O4/c1-23-16-7-6-12(9-17(16)24-2)15-10-20(11-19-15)14-5-3-4-13(8-14)18(21)22/h3-11H,1-2H3,(H,21,22). The SMILES string of the molecule is COc1ccc(-c2cn(-c3cccc(C(=O)O)c3)cn2)cc1OC. The molecule has 1 N–H and O–H groups in total. The Kier molecular flexibility index (Phi) is 4.20. The van der Waals surface area contributed by atoms with Crippen molar-refractivity contribution < 1.29 is 19.4 Å². The summed E-state index contributed by atoms with van der Waals surface area (Å²) in [5.41, 5.74) is 2.58. The number of hydrogen-bond acceptors (Lipinski definition) is 4. The maximum absolute atomic E-state index is 11.1. The van der Waals surface area contributed by atoms with Crippen LogP contribution in [0.1, 0.15) is 10.4 Å². The van der Waals surface area contributed by atoms with E-state index in [0.717, 1.165) is 16.9 Å².